The van der Waals surface area contributed by atoms with E-state index in [1.807, 2.05) is 20.8 Å². The lowest BCUT2D eigenvalue weighted by Gasteiger charge is -2.27. The van der Waals surface area contributed by atoms with Gasteiger partial charge >= 0.3 is 6.09 Å². The second-order valence-corrected chi connectivity index (χ2v) is 5.85. The van der Waals surface area contributed by atoms with Crippen molar-refractivity contribution in [1.29, 1.82) is 0 Å². The predicted molar refractivity (Wildman–Crippen MR) is 71.6 cm³/mol. The van der Waals surface area contributed by atoms with Crippen molar-refractivity contribution in [3.63, 3.8) is 0 Å². The van der Waals surface area contributed by atoms with E-state index in [0.717, 1.165) is 19.3 Å². The van der Waals surface area contributed by atoms with Crippen molar-refractivity contribution in [2.75, 3.05) is 0 Å². The fourth-order valence-corrected chi connectivity index (χ4v) is 2.30. The molecule has 0 heterocycles. The van der Waals surface area contributed by atoms with Gasteiger partial charge in [-0.25, -0.2) is 4.79 Å². The summed E-state index contributed by atoms with van der Waals surface area (Å²) in [5.41, 5.74) is 2.31. The Morgan fingerprint density at radius 3 is 2.61 bits per heavy atom. The highest BCUT2D eigenvalue weighted by Gasteiger charge is 2.22. The summed E-state index contributed by atoms with van der Waals surface area (Å²) in [5.74, 6) is 0. The minimum Gasteiger partial charge on any atom is -0.444 e. The van der Waals surface area contributed by atoms with Crippen LogP contribution in [-0.2, 0) is 17.6 Å². The smallest absolute Gasteiger partial charge is 0.407 e. The minimum atomic E-state index is -0.434. The number of ether oxygens (including phenoxy) is 1. The minimum absolute atomic E-state index is 0.190. The van der Waals surface area contributed by atoms with Crippen LogP contribution in [0.1, 0.15) is 38.3 Å². The Morgan fingerprint density at radius 1 is 1.28 bits per heavy atom. The number of alkyl carbamates (subject to hydrolysis) is 1. The van der Waals surface area contributed by atoms with E-state index in [2.05, 4.69) is 29.6 Å². The van der Waals surface area contributed by atoms with Crippen LogP contribution in [0, 0.1) is 0 Å². The lowest BCUT2D eigenvalue weighted by atomic mass is 9.88. The van der Waals surface area contributed by atoms with Crippen LogP contribution in [-0.4, -0.2) is 17.7 Å². The molecule has 0 saturated carbocycles. The highest BCUT2D eigenvalue weighted by atomic mass is 16.6. The molecule has 1 aromatic rings. The molecule has 0 aliphatic heterocycles. The molecule has 0 unspecified atom stereocenters. The first-order valence-electron chi connectivity index (χ1n) is 6.50. The molecule has 1 aromatic carbocycles. The van der Waals surface area contributed by atoms with Gasteiger partial charge in [0.15, 0.2) is 0 Å². The highest BCUT2D eigenvalue weighted by Crippen LogP contribution is 2.21. The maximum atomic E-state index is 11.7. The third kappa shape index (κ3) is 3.49. The van der Waals surface area contributed by atoms with Gasteiger partial charge in [0.05, 0.1) is 0 Å². The number of hydrogen-bond donors (Lipinski definition) is 1. The van der Waals surface area contributed by atoms with Crippen molar-refractivity contribution in [3.8, 4) is 0 Å². The van der Waals surface area contributed by atoms with E-state index in [-0.39, 0.29) is 12.1 Å². The van der Waals surface area contributed by atoms with Gasteiger partial charge in [0.2, 0.25) is 0 Å². The Bertz CT molecular complexity index is 434. The number of hydrogen-bond acceptors (Lipinski definition) is 2. The van der Waals surface area contributed by atoms with Crippen molar-refractivity contribution in [2.45, 2.75) is 51.7 Å². The molecule has 2 rings (SSSR count). The quantitative estimate of drug-likeness (QED) is 0.828. The normalized spacial score (nSPS) is 18.9. The average molecular weight is 247 g/mol. The summed E-state index contributed by atoms with van der Waals surface area (Å²) >= 11 is 0. The van der Waals surface area contributed by atoms with Crippen LogP contribution in [0.5, 0.6) is 0 Å². The van der Waals surface area contributed by atoms with Crippen LogP contribution in [0.4, 0.5) is 4.79 Å². The predicted octanol–water partition coefficient (Wildman–Crippen LogP) is 3.07. The van der Waals surface area contributed by atoms with Crippen LogP contribution < -0.4 is 5.32 Å². The van der Waals surface area contributed by atoms with E-state index in [1.54, 1.807) is 0 Å². The van der Waals surface area contributed by atoms with E-state index in [9.17, 15) is 4.79 Å². The monoisotopic (exact) mass is 247 g/mol. The molecule has 98 valence electrons. The Morgan fingerprint density at radius 2 is 1.94 bits per heavy atom. The Kier molecular flexibility index (Phi) is 3.60. The van der Waals surface area contributed by atoms with Gasteiger partial charge in [0, 0.05) is 6.04 Å². The number of aryl methyl sites for hydroxylation is 1. The second kappa shape index (κ2) is 5.01. The molecule has 0 bridgehead atoms. The van der Waals surface area contributed by atoms with Crippen LogP contribution in [0.3, 0.4) is 0 Å². The molecule has 0 aromatic heterocycles. The van der Waals surface area contributed by atoms with Crippen molar-refractivity contribution in [1.82, 2.24) is 5.32 Å². The Balaban J connectivity index is 1.92. The standard InChI is InChI=1S/C15H21NO2/c1-15(2,3)18-14(17)16-13-9-8-11-6-4-5-7-12(11)10-13/h4-7,13H,8-10H2,1-3H3,(H,16,17)/t13-/m1/s1. The van der Waals surface area contributed by atoms with Gasteiger partial charge in [0.25, 0.3) is 0 Å². The summed E-state index contributed by atoms with van der Waals surface area (Å²) in [6.07, 6.45) is 2.59. The first-order chi connectivity index (χ1) is 8.44. The largest absolute Gasteiger partial charge is 0.444 e. The molecule has 1 aliphatic rings. The van der Waals surface area contributed by atoms with Gasteiger partial charge in [-0.2, -0.15) is 0 Å². The second-order valence-electron chi connectivity index (χ2n) is 5.85. The molecule has 18 heavy (non-hydrogen) atoms. The van der Waals surface area contributed by atoms with Crippen LogP contribution >= 0.6 is 0 Å². The molecule has 0 saturated heterocycles. The summed E-state index contributed by atoms with van der Waals surface area (Å²) < 4.78 is 5.28. The van der Waals surface area contributed by atoms with E-state index in [4.69, 9.17) is 4.74 Å². The first kappa shape index (κ1) is 12.9. The number of carbonyl (C=O) groups is 1. The van der Waals surface area contributed by atoms with Gasteiger partial charge < -0.3 is 10.1 Å². The maximum absolute atomic E-state index is 11.7. The molecular formula is C15H21NO2. The van der Waals surface area contributed by atoms with Crippen molar-refractivity contribution >= 4 is 6.09 Å². The summed E-state index contributed by atoms with van der Waals surface area (Å²) in [7, 11) is 0. The SMILES string of the molecule is CC(C)(C)OC(=O)N[C@@H]1CCc2ccccc2C1. The summed E-state index contributed by atoms with van der Waals surface area (Å²) in [6.45, 7) is 5.63. The number of nitrogens with one attached hydrogen (secondary N) is 1. The Labute approximate surface area is 109 Å². The van der Waals surface area contributed by atoms with Gasteiger partial charge in [-0.05, 0) is 51.2 Å². The zero-order chi connectivity index (χ0) is 13.2. The van der Waals surface area contributed by atoms with Crippen molar-refractivity contribution < 1.29 is 9.53 Å². The van der Waals surface area contributed by atoms with Gasteiger partial charge in [-0.3, -0.25) is 0 Å². The molecule has 3 heteroatoms. The van der Waals surface area contributed by atoms with Crippen LogP contribution in [0.15, 0.2) is 24.3 Å². The van der Waals surface area contributed by atoms with E-state index >= 15 is 0 Å². The summed E-state index contributed by atoms with van der Waals surface area (Å²) in [5, 5.41) is 2.96. The molecule has 1 aliphatic carbocycles. The molecule has 3 nitrogen and oxygen atoms in total. The van der Waals surface area contributed by atoms with Gasteiger partial charge in [-0.1, -0.05) is 24.3 Å². The fourth-order valence-electron chi connectivity index (χ4n) is 2.30. The fraction of sp³-hybridized carbons (Fsp3) is 0.533. The third-order valence-corrected chi connectivity index (χ3v) is 3.07. The Hall–Kier alpha value is -1.51. The molecule has 1 atom stereocenters. The molecule has 1 amide bonds. The molecule has 1 N–H and O–H groups in total. The summed E-state index contributed by atoms with van der Waals surface area (Å²) in [4.78, 5) is 11.7. The topological polar surface area (TPSA) is 38.3 Å². The average Bonchev–Trinajstić information content (AvgIpc) is 2.26. The van der Waals surface area contributed by atoms with E-state index in [1.165, 1.54) is 11.1 Å². The van der Waals surface area contributed by atoms with Gasteiger partial charge in [-0.15, -0.1) is 0 Å². The summed E-state index contributed by atoms with van der Waals surface area (Å²) in [6, 6.07) is 8.61. The van der Waals surface area contributed by atoms with E-state index in [0.29, 0.717) is 0 Å². The number of carbonyl (C=O) groups excluding carboxylic acids is 1. The lowest BCUT2D eigenvalue weighted by molar-refractivity contribution is 0.0500. The molecule has 0 spiro atoms. The molecule has 0 fully saturated rings. The van der Waals surface area contributed by atoms with Crippen LogP contribution in [0.25, 0.3) is 0 Å². The van der Waals surface area contributed by atoms with Crippen molar-refractivity contribution in [3.05, 3.63) is 35.4 Å². The lowest BCUT2D eigenvalue weighted by Crippen LogP contribution is -2.41. The maximum Gasteiger partial charge on any atom is 0.407 e. The van der Waals surface area contributed by atoms with Crippen molar-refractivity contribution in [2.24, 2.45) is 0 Å². The number of rotatable bonds is 1. The van der Waals surface area contributed by atoms with E-state index < -0.39 is 5.60 Å². The molecule has 0 radical (unpaired) electrons. The first-order valence-corrected chi connectivity index (χ1v) is 6.50. The zero-order valence-electron chi connectivity index (χ0n) is 11.3. The third-order valence-electron chi connectivity index (χ3n) is 3.07. The van der Waals surface area contributed by atoms with Crippen LogP contribution in [0.2, 0.25) is 0 Å². The highest BCUT2D eigenvalue weighted by molar-refractivity contribution is 5.68. The number of benzene rings is 1. The zero-order valence-corrected chi connectivity index (χ0v) is 11.3. The number of amides is 1. The molecular weight excluding hydrogens is 226 g/mol. The van der Waals surface area contributed by atoms with Gasteiger partial charge in [0.1, 0.15) is 5.60 Å². The number of fused-ring (bicyclic) bond motifs is 1.